The second kappa shape index (κ2) is 6.84. The zero-order valence-electron chi connectivity index (χ0n) is 13.8. The molecule has 0 unspecified atom stereocenters. The fraction of sp³-hybridized carbons (Fsp3) is 0.263. The summed E-state index contributed by atoms with van der Waals surface area (Å²) in [6.07, 6.45) is 10.7. The molecule has 1 amide bonds. The van der Waals surface area contributed by atoms with Crippen LogP contribution in [0.2, 0.25) is 0 Å². The summed E-state index contributed by atoms with van der Waals surface area (Å²) in [5, 5.41) is 0. The number of benzene rings is 1. The van der Waals surface area contributed by atoms with Crippen LogP contribution < -0.4 is 0 Å². The smallest absolute Gasteiger partial charge is 0.253 e. The van der Waals surface area contributed by atoms with E-state index in [-0.39, 0.29) is 5.91 Å². The highest BCUT2D eigenvalue weighted by Crippen LogP contribution is 2.27. The van der Waals surface area contributed by atoms with Gasteiger partial charge in [-0.05, 0) is 25.0 Å². The lowest BCUT2D eigenvalue weighted by molar-refractivity contribution is 0.0712. The van der Waals surface area contributed by atoms with Gasteiger partial charge >= 0.3 is 0 Å². The molecular weight excluding hydrogens is 314 g/mol. The van der Waals surface area contributed by atoms with Crippen molar-refractivity contribution in [3.8, 4) is 5.82 Å². The molecule has 0 saturated carbocycles. The van der Waals surface area contributed by atoms with E-state index < -0.39 is 0 Å². The van der Waals surface area contributed by atoms with Crippen molar-refractivity contribution in [2.24, 2.45) is 0 Å². The molecule has 6 heteroatoms. The topological polar surface area (TPSA) is 63.9 Å². The number of rotatable bonds is 3. The SMILES string of the molecule is O=C(c1ccccc1)N1CCC(c2cncc(-n3ccnc3)n2)CC1. The molecule has 1 aliphatic rings. The lowest BCUT2D eigenvalue weighted by Gasteiger charge is -2.31. The van der Waals surface area contributed by atoms with Crippen LogP contribution in [0.15, 0.2) is 61.4 Å². The van der Waals surface area contributed by atoms with Gasteiger partial charge in [0.25, 0.3) is 5.91 Å². The van der Waals surface area contributed by atoms with Crippen molar-refractivity contribution in [2.75, 3.05) is 13.1 Å². The van der Waals surface area contributed by atoms with Crippen molar-refractivity contribution >= 4 is 5.91 Å². The first-order valence-electron chi connectivity index (χ1n) is 8.46. The Morgan fingerprint density at radius 2 is 1.84 bits per heavy atom. The summed E-state index contributed by atoms with van der Waals surface area (Å²) in [6.45, 7) is 1.49. The quantitative estimate of drug-likeness (QED) is 0.739. The van der Waals surface area contributed by atoms with Crippen molar-refractivity contribution in [3.05, 3.63) is 72.7 Å². The summed E-state index contributed by atoms with van der Waals surface area (Å²) < 4.78 is 1.85. The summed E-state index contributed by atoms with van der Waals surface area (Å²) >= 11 is 0. The molecule has 0 bridgehead atoms. The van der Waals surface area contributed by atoms with E-state index in [0.29, 0.717) is 5.92 Å². The first-order chi connectivity index (χ1) is 12.3. The minimum absolute atomic E-state index is 0.109. The maximum Gasteiger partial charge on any atom is 0.253 e. The summed E-state index contributed by atoms with van der Waals surface area (Å²) in [7, 11) is 0. The standard InChI is InChI=1S/C19H19N5O/c25-19(16-4-2-1-3-5-16)23-9-6-15(7-10-23)17-12-21-13-18(22-17)24-11-8-20-14-24/h1-5,8,11-15H,6-7,9-10H2. The van der Waals surface area contributed by atoms with Crippen molar-refractivity contribution in [2.45, 2.75) is 18.8 Å². The van der Waals surface area contributed by atoms with Gasteiger partial charge in [-0.15, -0.1) is 0 Å². The Kier molecular flexibility index (Phi) is 4.24. The molecule has 0 atom stereocenters. The molecule has 3 heterocycles. The number of carbonyl (C=O) groups is 1. The maximum absolute atomic E-state index is 12.5. The van der Waals surface area contributed by atoms with E-state index in [1.54, 1.807) is 18.7 Å². The van der Waals surface area contributed by atoms with E-state index in [0.717, 1.165) is 43.0 Å². The minimum atomic E-state index is 0.109. The molecule has 6 nitrogen and oxygen atoms in total. The molecule has 3 aromatic rings. The van der Waals surface area contributed by atoms with Crippen molar-refractivity contribution in [1.29, 1.82) is 0 Å². The first kappa shape index (κ1) is 15.5. The number of imidazole rings is 1. The molecular formula is C19H19N5O. The van der Waals surface area contributed by atoms with E-state index in [4.69, 9.17) is 4.98 Å². The van der Waals surface area contributed by atoms with E-state index in [1.807, 2.05) is 52.2 Å². The lowest BCUT2D eigenvalue weighted by atomic mass is 9.93. The Hall–Kier alpha value is -3.02. The molecule has 1 aromatic carbocycles. The van der Waals surface area contributed by atoms with Gasteiger partial charge in [0.15, 0.2) is 5.82 Å². The van der Waals surface area contributed by atoms with Crippen LogP contribution in [-0.2, 0) is 0 Å². The Morgan fingerprint density at radius 1 is 1.04 bits per heavy atom. The average molecular weight is 333 g/mol. The Labute approximate surface area is 146 Å². The summed E-state index contributed by atoms with van der Waals surface area (Å²) in [4.78, 5) is 27.6. The predicted molar refractivity (Wildman–Crippen MR) is 93.5 cm³/mol. The minimum Gasteiger partial charge on any atom is -0.339 e. The van der Waals surface area contributed by atoms with Gasteiger partial charge in [-0.25, -0.2) is 9.97 Å². The summed E-state index contributed by atoms with van der Waals surface area (Å²) in [5.74, 6) is 1.21. The average Bonchev–Trinajstić information content (AvgIpc) is 3.23. The van der Waals surface area contributed by atoms with Gasteiger partial charge in [-0.1, -0.05) is 18.2 Å². The van der Waals surface area contributed by atoms with Gasteiger partial charge in [-0.3, -0.25) is 14.3 Å². The number of aromatic nitrogens is 4. The van der Waals surface area contributed by atoms with Crippen molar-refractivity contribution in [3.63, 3.8) is 0 Å². The van der Waals surface area contributed by atoms with E-state index in [2.05, 4.69) is 9.97 Å². The van der Waals surface area contributed by atoms with E-state index >= 15 is 0 Å². The van der Waals surface area contributed by atoms with Crippen LogP contribution >= 0.6 is 0 Å². The maximum atomic E-state index is 12.5. The number of amides is 1. The third-order valence-corrected chi connectivity index (χ3v) is 4.63. The monoisotopic (exact) mass is 333 g/mol. The normalized spacial score (nSPS) is 15.3. The van der Waals surface area contributed by atoms with E-state index in [1.165, 1.54) is 0 Å². The molecule has 4 rings (SSSR count). The molecule has 0 radical (unpaired) electrons. The van der Waals surface area contributed by atoms with Crippen LogP contribution in [0.4, 0.5) is 0 Å². The molecule has 25 heavy (non-hydrogen) atoms. The van der Waals surface area contributed by atoms with Crippen molar-refractivity contribution in [1.82, 2.24) is 24.4 Å². The molecule has 1 aliphatic heterocycles. The molecule has 1 saturated heterocycles. The van der Waals surface area contributed by atoms with Gasteiger partial charge in [-0.2, -0.15) is 0 Å². The molecule has 0 spiro atoms. The predicted octanol–water partition coefficient (Wildman–Crippen LogP) is 2.68. The Morgan fingerprint density at radius 3 is 2.56 bits per heavy atom. The van der Waals surface area contributed by atoms with Crippen LogP contribution in [-0.4, -0.2) is 43.4 Å². The van der Waals surface area contributed by atoms with Crippen LogP contribution in [0.5, 0.6) is 0 Å². The number of hydrogen-bond donors (Lipinski definition) is 0. The number of nitrogens with zero attached hydrogens (tertiary/aromatic N) is 5. The van der Waals surface area contributed by atoms with Gasteiger partial charge in [0, 0.05) is 43.2 Å². The second-order valence-electron chi connectivity index (χ2n) is 6.20. The zero-order chi connectivity index (χ0) is 17.1. The van der Waals surface area contributed by atoms with Crippen LogP contribution in [0.1, 0.15) is 34.8 Å². The van der Waals surface area contributed by atoms with Gasteiger partial charge in [0.2, 0.25) is 0 Å². The van der Waals surface area contributed by atoms with Gasteiger partial charge in [0.05, 0.1) is 11.9 Å². The molecule has 1 fully saturated rings. The lowest BCUT2D eigenvalue weighted by Crippen LogP contribution is -2.38. The number of hydrogen-bond acceptors (Lipinski definition) is 4. The Bertz CT molecular complexity index is 839. The highest BCUT2D eigenvalue weighted by molar-refractivity contribution is 5.94. The highest BCUT2D eigenvalue weighted by Gasteiger charge is 2.25. The molecule has 2 aromatic heterocycles. The number of piperidine rings is 1. The van der Waals surface area contributed by atoms with Crippen LogP contribution in [0.3, 0.4) is 0 Å². The first-order valence-corrected chi connectivity index (χ1v) is 8.46. The fourth-order valence-electron chi connectivity index (χ4n) is 3.23. The fourth-order valence-corrected chi connectivity index (χ4v) is 3.23. The molecule has 126 valence electrons. The molecule has 0 aliphatic carbocycles. The van der Waals surface area contributed by atoms with Crippen LogP contribution in [0, 0.1) is 0 Å². The number of carbonyl (C=O) groups excluding carboxylic acids is 1. The Balaban J connectivity index is 1.44. The molecule has 0 N–H and O–H groups in total. The third kappa shape index (κ3) is 3.28. The summed E-state index contributed by atoms with van der Waals surface area (Å²) in [6, 6.07) is 9.46. The van der Waals surface area contributed by atoms with Gasteiger partial charge < -0.3 is 4.90 Å². The van der Waals surface area contributed by atoms with Gasteiger partial charge in [0.1, 0.15) is 6.33 Å². The second-order valence-corrected chi connectivity index (χ2v) is 6.20. The number of likely N-dealkylation sites (tertiary alicyclic amines) is 1. The van der Waals surface area contributed by atoms with E-state index in [9.17, 15) is 4.79 Å². The summed E-state index contributed by atoms with van der Waals surface area (Å²) in [5.41, 5.74) is 1.74. The highest BCUT2D eigenvalue weighted by atomic mass is 16.2. The largest absolute Gasteiger partial charge is 0.339 e. The van der Waals surface area contributed by atoms with Crippen LogP contribution in [0.25, 0.3) is 5.82 Å². The third-order valence-electron chi connectivity index (χ3n) is 4.63. The zero-order valence-corrected chi connectivity index (χ0v) is 13.8. The van der Waals surface area contributed by atoms with Crippen molar-refractivity contribution < 1.29 is 4.79 Å².